The van der Waals surface area contributed by atoms with Crippen molar-refractivity contribution in [2.24, 2.45) is 5.73 Å². The molecule has 2 atom stereocenters. The van der Waals surface area contributed by atoms with Gasteiger partial charge in [0.15, 0.2) is 6.61 Å². The number of ether oxygens (including phenoxy) is 1. The monoisotopic (exact) mass is 264 g/mol. The van der Waals surface area contributed by atoms with Crippen molar-refractivity contribution < 1.29 is 9.53 Å². The third kappa shape index (κ3) is 4.91. The second-order valence-corrected chi connectivity index (χ2v) is 5.00. The Morgan fingerprint density at radius 2 is 2.11 bits per heavy atom. The molecule has 1 rings (SSSR count). The number of hydrogen-bond acceptors (Lipinski definition) is 3. The molecule has 3 N–H and O–H groups in total. The van der Waals surface area contributed by atoms with E-state index in [2.05, 4.69) is 5.32 Å². The Labute approximate surface area is 115 Å². The van der Waals surface area contributed by atoms with Crippen molar-refractivity contribution in [3.05, 3.63) is 29.3 Å². The number of nitrogens with two attached hydrogens (primary N) is 1. The number of carbonyl (C=O) groups is 1. The van der Waals surface area contributed by atoms with Gasteiger partial charge >= 0.3 is 0 Å². The third-order valence-electron chi connectivity index (χ3n) is 3.03. The summed E-state index contributed by atoms with van der Waals surface area (Å²) in [5.41, 5.74) is 7.97. The van der Waals surface area contributed by atoms with E-state index in [1.165, 1.54) is 0 Å². The summed E-state index contributed by atoms with van der Waals surface area (Å²) in [7, 11) is 0. The Hall–Kier alpha value is -1.55. The molecule has 0 aliphatic heterocycles. The predicted molar refractivity (Wildman–Crippen MR) is 77.2 cm³/mol. The Morgan fingerprint density at radius 1 is 1.42 bits per heavy atom. The summed E-state index contributed by atoms with van der Waals surface area (Å²) < 4.78 is 5.57. The first-order chi connectivity index (χ1) is 8.93. The van der Waals surface area contributed by atoms with Crippen molar-refractivity contribution in [2.45, 2.75) is 46.2 Å². The molecule has 0 fully saturated rings. The molecule has 106 valence electrons. The topological polar surface area (TPSA) is 64.3 Å². The number of rotatable bonds is 6. The molecular weight excluding hydrogens is 240 g/mol. The van der Waals surface area contributed by atoms with Gasteiger partial charge in [0.05, 0.1) is 0 Å². The van der Waals surface area contributed by atoms with Crippen LogP contribution in [0.15, 0.2) is 18.2 Å². The first-order valence-electron chi connectivity index (χ1n) is 6.72. The van der Waals surface area contributed by atoms with Gasteiger partial charge in [-0.15, -0.1) is 0 Å². The lowest BCUT2D eigenvalue weighted by Gasteiger charge is -2.16. The van der Waals surface area contributed by atoms with Gasteiger partial charge in [-0.25, -0.2) is 0 Å². The van der Waals surface area contributed by atoms with Gasteiger partial charge in [0.1, 0.15) is 5.75 Å². The molecule has 0 aliphatic rings. The molecule has 4 heteroatoms. The van der Waals surface area contributed by atoms with E-state index in [1.807, 2.05) is 45.9 Å². The highest BCUT2D eigenvalue weighted by atomic mass is 16.5. The van der Waals surface area contributed by atoms with Crippen molar-refractivity contribution in [1.82, 2.24) is 5.32 Å². The zero-order chi connectivity index (χ0) is 14.4. The summed E-state index contributed by atoms with van der Waals surface area (Å²) in [4.78, 5) is 11.7. The molecule has 0 spiro atoms. The summed E-state index contributed by atoms with van der Waals surface area (Å²) in [6.07, 6.45) is 0.904. The lowest BCUT2D eigenvalue weighted by atomic mass is 10.1. The first kappa shape index (κ1) is 15.5. The van der Waals surface area contributed by atoms with E-state index in [-0.39, 0.29) is 24.6 Å². The molecule has 0 heterocycles. The van der Waals surface area contributed by atoms with Crippen LogP contribution in [0, 0.1) is 6.92 Å². The van der Waals surface area contributed by atoms with Crippen LogP contribution in [0.3, 0.4) is 0 Å². The normalized spacial score (nSPS) is 13.7. The molecular formula is C15H24N2O2. The molecule has 0 saturated heterocycles. The fraction of sp³-hybridized carbons (Fsp3) is 0.533. The Bertz CT molecular complexity index is 430. The summed E-state index contributed by atoms with van der Waals surface area (Å²) in [5, 5.41) is 2.86. The fourth-order valence-corrected chi connectivity index (χ4v) is 1.72. The van der Waals surface area contributed by atoms with Gasteiger partial charge in [-0.3, -0.25) is 4.79 Å². The van der Waals surface area contributed by atoms with E-state index < -0.39 is 0 Å². The molecule has 1 aromatic carbocycles. The van der Waals surface area contributed by atoms with Gasteiger partial charge in [0, 0.05) is 17.6 Å². The molecule has 0 aliphatic carbocycles. The van der Waals surface area contributed by atoms with Gasteiger partial charge in [-0.1, -0.05) is 24.6 Å². The number of benzene rings is 1. The standard InChI is InChI=1S/C15H24N2O2/c1-5-11(3)17-15(18)9-19-14-7-6-10(2)8-13(14)12(4)16/h6-8,11-12H,5,9,16H2,1-4H3,(H,17,18). The lowest BCUT2D eigenvalue weighted by Crippen LogP contribution is -2.35. The van der Waals surface area contributed by atoms with Crippen LogP contribution in [-0.4, -0.2) is 18.6 Å². The number of amides is 1. The van der Waals surface area contributed by atoms with Gasteiger partial charge in [0.25, 0.3) is 5.91 Å². The van der Waals surface area contributed by atoms with Crippen LogP contribution < -0.4 is 15.8 Å². The molecule has 4 nitrogen and oxygen atoms in total. The van der Waals surface area contributed by atoms with Crippen molar-refractivity contribution in [3.8, 4) is 5.75 Å². The van der Waals surface area contributed by atoms with Gasteiger partial charge in [-0.2, -0.15) is 0 Å². The van der Waals surface area contributed by atoms with Gasteiger partial charge in [0.2, 0.25) is 0 Å². The van der Waals surface area contributed by atoms with E-state index in [4.69, 9.17) is 10.5 Å². The molecule has 0 saturated carbocycles. The predicted octanol–water partition coefficient (Wildman–Crippen LogP) is 2.31. The largest absolute Gasteiger partial charge is 0.483 e. The molecule has 0 aromatic heterocycles. The highest BCUT2D eigenvalue weighted by Gasteiger charge is 2.11. The average molecular weight is 264 g/mol. The van der Waals surface area contributed by atoms with Crippen LogP contribution in [0.5, 0.6) is 5.75 Å². The van der Waals surface area contributed by atoms with E-state index in [0.29, 0.717) is 5.75 Å². The van der Waals surface area contributed by atoms with Gasteiger partial charge < -0.3 is 15.8 Å². The minimum Gasteiger partial charge on any atom is -0.483 e. The van der Waals surface area contributed by atoms with E-state index in [1.54, 1.807) is 0 Å². The second-order valence-electron chi connectivity index (χ2n) is 5.00. The van der Waals surface area contributed by atoms with E-state index >= 15 is 0 Å². The summed E-state index contributed by atoms with van der Waals surface area (Å²) in [6, 6.07) is 5.86. The summed E-state index contributed by atoms with van der Waals surface area (Å²) in [6.45, 7) is 7.93. The van der Waals surface area contributed by atoms with E-state index in [9.17, 15) is 4.79 Å². The fourth-order valence-electron chi connectivity index (χ4n) is 1.72. The number of aryl methyl sites for hydroxylation is 1. The van der Waals surface area contributed by atoms with Crippen LogP contribution in [-0.2, 0) is 4.79 Å². The van der Waals surface area contributed by atoms with Crippen LogP contribution in [0.2, 0.25) is 0 Å². The number of carbonyl (C=O) groups excluding carboxylic acids is 1. The SMILES string of the molecule is CCC(C)NC(=O)COc1ccc(C)cc1C(C)N. The number of nitrogens with one attached hydrogen (secondary N) is 1. The first-order valence-corrected chi connectivity index (χ1v) is 6.72. The smallest absolute Gasteiger partial charge is 0.258 e. The quantitative estimate of drug-likeness (QED) is 0.828. The minimum atomic E-state index is -0.118. The van der Waals surface area contributed by atoms with Crippen molar-refractivity contribution >= 4 is 5.91 Å². The van der Waals surface area contributed by atoms with E-state index in [0.717, 1.165) is 17.5 Å². The maximum absolute atomic E-state index is 11.7. The third-order valence-corrected chi connectivity index (χ3v) is 3.03. The maximum Gasteiger partial charge on any atom is 0.258 e. The molecule has 1 aromatic rings. The van der Waals surface area contributed by atoms with Crippen LogP contribution >= 0.6 is 0 Å². The summed E-state index contributed by atoms with van der Waals surface area (Å²) in [5.74, 6) is 0.574. The molecule has 1 amide bonds. The Kier molecular flexibility index (Phi) is 5.83. The molecule has 0 radical (unpaired) electrons. The highest BCUT2D eigenvalue weighted by molar-refractivity contribution is 5.77. The maximum atomic E-state index is 11.7. The Morgan fingerprint density at radius 3 is 2.68 bits per heavy atom. The highest BCUT2D eigenvalue weighted by Crippen LogP contribution is 2.24. The zero-order valence-corrected chi connectivity index (χ0v) is 12.2. The minimum absolute atomic E-state index is 0.0210. The van der Waals surface area contributed by atoms with Crippen molar-refractivity contribution in [3.63, 3.8) is 0 Å². The molecule has 0 bridgehead atoms. The summed E-state index contributed by atoms with van der Waals surface area (Å²) >= 11 is 0. The van der Waals surface area contributed by atoms with Gasteiger partial charge in [-0.05, 0) is 33.3 Å². The lowest BCUT2D eigenvalue weighted by molar-refractivity contribution is -0.123. The molecule has 19 heavy (non-hydrogen) atoms. The van der Waals surface area contributed by atoms with Crippen LogP contribution in [0.25, 0.3) is 0 Å². The second kappa shape index (κ2) is 7.14. The molecule has 2 unspecified atom stereocenters. The van der Waals surface area contributed by atoms with Crippen LogP contribution in [0.4, 0.5) is 0 Å². The van der Waals surface area contributed by atoms with Crippen molar-refractivity contribution in [2.75, 3.05) is 6.61 Å². The van der Waals surface area contributed by atoms with Crippen LogP contribution in [0.1, 0.15) is 44.4 Å². The number of hydrogen-bond donors (Lipinski definition) is 2. The average Bonchev–Trinajstić information content (AvgIpc) is 2.36. The van der Waals surface area contributed by atoms with Crippen molar-refractivity contribution in [1.29, 1.82) is 0 Å². The Balaban J connectivity index is 2.65. The zero-order valence-electron chi connectivity index (χ0n) is 12.2.